The maximum atomic E-state index is 13.2. The summed E-state index contributed by atoms with van der Waals surface area (Å²) < 4.78 is 18.5. The topological polar surface area (TPSA) is 52.5 Å². The van der Waals surface area contributed by atoms with Crippen LogP contribution in [0.2, 0.25) is 10.0 Å². The molecular formula is C21H20Cl2FN3O2. The summed E-state index contributed by atoms with van der Waals surface area (Å²) in [5.74, 6) is -0.229. The highest BCUT2D eigenvalue weighted by atomic mass is 35.5. The van der Waals surface area contributed by atoms with Gasteiger partial charge in [0.1, 0.15) is 11.6 Å². The molecule has 3 aromatic rings. The minimum absolute atomic E-state index is 0.319. The van der Waals surface area contributed by atoms with Crippen molar-refractivity contribution in [2.75, 3.05) is 37.6 Å². The second-order valence-corrected chi connectivity index (χ2v) is 7.90. The minimum Gasteiger partial charge on any atom is -0.412 e. The van der Waals surface area contributed by atoms with Crippen molar-refractivity contribution in [1.82, 2.24) is 9.88 Å². The van der Waals surface area contributed by atoms with E-state index >= 15 is 0 Å². The summed E-state index contributed by atoms with van der Waals surface area (Å²) in [4.78, 5) is 19.0. The fourth-order valence-corrected chi connectivity index (χ4v) is 4.11. The molecule has 0 amide bonds. The summed E-state index contributed by atoms with van der Waals surface area (Å²) in [6, 6.07) is 11.6. The standard InChI is InChI=1S/C21H20Cl2FN3O2/c22-15-11-16(23)13-18(12-15)27-9-7-26(8-10-27)6-5-19-20(25-21(28)29-19)14-1-3-17(24)4-2-14/h1-4,11-13H,5-10H2,(H,25,28). The predicted molar refractivity (Wildman–Crippen MR) is 114 cm³/mol. The number of oxazole rings is 1. The van der Waals surface area contributed by atoms with E-state index in [1.54, 1.807) is 18.2 Å². The van der Waals surface area contributed by atoms with Crippen LogP contribution < -0.4 is 10.7 Å². The number of hydrogen-bond acceptors (Lipinski definition) is 4. The molecule has 0 unspecified atom stereocenters. The quantitative estimate of drug-likeness (QED) is 0.643. The minimum atomic E-state index is -0.498. The van der Waals surface area contributed by atoms with Crippen LogP contribution in [0.25, 0.3) is 11.3 Å². The van der Waals surface area contributed by atoms with Gasteiger partial charge in [-0.3, -0.25) is 9.88 Å². The Morgan fingerprint density at radius 1 is 1.00 bits per heavy atom. The van der Waals surface area contributed by atoms with Crippen LogP contribution in [0, 0.1) is 5.82 Å². The molecule has 0 spiro atoms. The molecule has 2 heterocycles. The summed E-state index contributed by atoms with van der Waals surface area (Å²) in [5, 5.41) is 1.26. The molecule has 0 saturated carbocycles. The van der Waals surface area contributed by atoms with Crippen molar-refractivity contribution in [3.63, 3.8) is 0 Å². The number of halogens is 3. The summed E-state index contributed by atoms with van der Waals surface area (Å²) in [6.07, 6.45) is 0.592. The molecule has 1 aliphatic heterocycles. The van der Waals surface area contributed by atoms with Gasteiger partial charge in [-0.2, -0.15) is 0 Å². The van der Waals surface area contributed by atoms with Crippen LogP contribution in [0.3, 0.4) is 0 Å². The Hall–Kier alpha value is -2.28. The largest absolute Gasteiger partial charge is 0.416 e. The smallest absolute Gasteiger partial charge is 0.412 e. The zero-order chi connectivity index (χ0) is 20.4. The van der Waals surface area contributed by atoms with E-state index < -0.39 is 5.76 Å². The van der Waals surface area contributed by atoms with Gasteiger partial charge in [0.2, 0.25) is 0 Å². The maximum Gasteiger partial charge on any atom is 0.416 e. The van der Waals surface area contributed by atoms with Crippen molar-refractivity contribution in [2.24, 2.45) is 0 Å². The molecule has 5 nitrogen and oxygen atoms in total. The van der Waals surface area contributed by atoms with Crippen LogP contribution in [0.1, 0.15) is 5.76 Å². The fraction of sp³-hybridized carbons (Fsp3) is 0.286. The zero-order valence-corrected chi connectivity index (χ0v) is 17.1. The predicted octanol–water partition coefficient (Wildman–Crippen LogP) is 4.45. The molecular weight excluding hydrogens is 416 g/mol. The van der Waals surface area contributed by atoms with Crippen LogP contribution in [0.5, 0.6) is 0 Å². The maximum absolute atomic E-state index is 13.2. The molecule has 1 fully saturated rings. The van der Waals surface area contributed by atoms with E-state index in [9.17, 15) is 9.18 Å². The Kier molecular flexibility index (Phi) is 5.94. The van der Waals surface area contributed by atoms with Gasteiger partial charge in [0.25, 0.3) is 0 Å². The first kappa shape index (κ1) is 20.0. The number of aromatic nitrogens is 1. The van der Waals surface area contributed by atoms with Gasteiger partial charge >= 0.3 is 5.76 Å². The van der Waals surface area contributed by atoms with Gasteiger partial charge < -0.3 is 9.32 Å². The number of piperazine rings is 1. The van der Waals surface area contributed by atoms with Crippen molar-refractivity contribution in [2.45, 2.75) is 6.42 Å². The highest BCUT2D eigenvalue weighted by molar-refractivity contribution is 6.35. The third-order valence-electron chi connectivity index (χ3n) is 5.09. The molecule has 8 heteroatoms. The first-order valence-corrected chi connectivity index (χ1v) is 10.1. The lowest BCUT2D eigenvalue weighted by Gasteiger charge is -2.36. The number of nitrogens with one attached hydrogen (secondary N) is 1. The Morgan fingerprint density at radius 3 is 2.31 bits per heavy atom. The van der Waals surface area contributed by atoms with Crippen LogP contribution >= 0.6 is 23.2 Å². The number of aromatic amines is 1. The molecule has 29 heavy (non-hydrogen) atoms. The Balaban J connectivity index is 1.37. The normalized spacial score (nSPS) is 15.1. The second-order valence-electron chi connectivity index (χ2n) is 7.03. The molecule has 1 aromatic heterocycles. The molecule has 1 saturated heterocycles. The molecule has 152 valence electrons. The first-order valence-electron chi connectivity index (χ1n) is 9.39. The lowest BCUT2D eigenvalue weighted by molar-refractivity contribution is 0.254. The number of nitrogens with zero attached hydrogens (tertiary/aromatic N) is 2. The highest BCUT2D eigenvalue weighted by Gasteiger charge is 2.19. The average Bonchev–Trinajstić information content (AvgIpc) is 3.07. The van der Waals surface area contributed by atoms with E-state index in [0.29, 0.717) is 27.9 Å². The summed E-state index contributed by atoms with van der Waals surface area (Å²) in [7, 11) is 0. The van der Waals surface area contributed by atoms with E-state index in [4.69, 9.17) is 27.6 Å². The van der Waals surface area contributed by atoms with E-state index in [1.807, 2.05) is 12.1 Å². The Labute approximate surface area is 177 Å². The number of benzene rings is 2. The Bertz CT molecular complexity index is 1020. The summed E-state index contributed by atoms with van der Waals surface area (Å²) in [6.45, 7) is 4.24. The van der Waals surface area contributed by atoms with Gasteiger partial charge in [-0.1, -0.05) is 23.2 Å². The summed E-state index contributed by atoms with van der Waals surface area (Å²) >= 11 is 12.2. The number of hydrogen-bond donors (Lipinski definition) is 1. The summed E-state index contributed by atoms with van der Waals surface area (Å²) in [5.41, 5.74) is 2.37. The van der Waals surface area contributed by atoms with Crippen molar-refractivity contribution in [3.05, 3.63) is 74.6 Å². The first-order chi connectivity index (χ1) is 14.0. The van der Waals surface area contributed by atoms with Gasteiger partial charge in [-0.25, -0.2) is 9.18 Å². The third-order valence-corrected chi connectivity index (χ3v) is 5.53. The van der Waals surface area contributed by atoms with Crippen LogP contribution in [0.4, 0.5) is 10.1 Å². The van der Waals surface area contributed by atoms with Gasteiger partial charge in [0, 0.05) is 60.4 Å². The van der Waals surface area contributed by atoms with Crippen molar-refractivity contribution >= 4 is 28.9 Å². The van der Waals surface area contributed by atoms with E-state index in [-0.39, 0.29) is 5.82 Å². The van der Waals surface area contributed by atoms with Gasteiger partial charge in [0.15, 0.2) is 0 Å². The van der Waals surface area contributed by atoms with Crippen molar-refractivity contribution < 1.29 is 8.81 Å². The van der Waals surface area contributed by atoms with Crippen LogP contribution in [-0.2, 0) is 6.42 Å². The zero-order valence-electron chi connectivity index (χ0n) is 15.6. The molecule has 0 aliphatic carbocycles. The molecule has 2 aromatic carbocycles. The van der Waals surface area contributed by atoms with E-state index in [1.165, 1.54) is 12.1 Å². The molecule has 0 radical (unpaired) electrons. The third kappa shape index (κ3) is 4.83. The Morgan fingerprint density at radius 2 is 1.66 bits per heavy atom. The molecule has 1 aliphatic rings. The number of H-pyrrole nitrogens is 1. The van der Waals surface area contributed by atoms with Gasteiger partial charge in [0.05, 0.1) is 5.69 Å². The van der Waals surface area contributed by atoms with Gasteiger partial charge in [-0.05, 0) is 42.5 Å². The fourth-order valence-electron chi connectivity index (χ4n) is 3.60. The van der Waals surface area contributed by atoms with Crippen LogP contribution in [-0.4, -0.2) is 42.6 Å². The lowest BCUT2D eigenvalue weighted by Crippen LogP contribution is -2.47. The van der Waals surface area contributed by atoms with Crippen molar-refractivity contribution in [3.8, 4) is 11.3 Å². The lowest BCUT2D eigenvalue weighted by atomic mass is 10.1. The van der Waals surface area contributed by atoms with Gasteiger partial charge in [-0.15, -0.1) is 0 Å². The molecule has 0 atom stereocenters. The number of anilines is 1. The average molecular weight is 436 g/mol. The molecule has 0 bridgehead atoms. The monoisotopic (exact) mass is 435 g/mol. The number of rotatable bonds is 5. The SMILES string of the molecule is O=c1[nH]c(-c2ccc(F)cc2)c(CCN2CCN(c3cc(Cl)cc(Cl)c3)CC2)o1. The van der Waals surface area contributed by atoms with Crippen LogP contribution in [0.15, 0.2) is 51.7 Å². The molecule has 4 rings (SSSR count). The second kappa shape index (κ2) is 8.61. The van der Waals surface area contributed by atoms with E-state index in [2.05, 4.69) is 14.8 Å². The highest BCUT2D eigenvalue weighted by Crippen LogP contribution is 2.26. The van der Waals surface area contributed by atoms with Crippen molar-refractivity contribution in [1.29, 1.82) is 0 Å². The van der Waals surface area contributed by atoms with E-state index in [0.717, 1.165) is 44.0 Å². The molecule has 1 N–H and O–H groups in total.